The summed E-state index contributed by atoms with van der Waals surface area (Å²) in [4.78, 5) is 12.1. The van der Waals surface area contributed by atoms with Crippen molar-refractivity contribution in [3.05, 3.63) is 0 Å². The van der Waals surface area contributed by atoms with E-state index in [9.17, 15) is 4.79 Å². The Hall–Kier alpha value is -0.220. The summed E-state index contributed by atoms with van der Waals surface area (Å²) in [6, 6.07) is 0. The van der Waals surface area contributed by atoms with Crippen LogP contribution in [0, 0.1) is 11.8 Å². The maximum atomic E-state index is 12.1. The molecule has 1 aliphatic carbocycles. The van der Waals surface area contributed by atoms with Crippen LogP contribution in [-0.2, 0) is 4.79 Å². The molecule has 0 aromatic rings. The molecule has 1 saturated carbocycles. The van der Waals surface area contributed by atoms with Crippen LogP contribution >= 0.6 is 11.8 Å². The van der Waals surface area contributed by atoms with E-state index in [1.807, 2.05) is 11.8 Å². The molecule has 4 heteroatoms. The van der Waals surface area contributed by atoms with Gasteiger partial charge in [-0.3, -0.25) is 4.79 Å². The van der Waals surface area contributed by atoms with E-state index in [2.05, 4.69) is 5.32 Å². The third-order valence-corrected chi connectivity index (χ3v) is 5.47. The lowest BCUT2D eigenvalue weighted by atomic mass is 9.79. The molecule has 0 aromatic carbocycles. The highest BCUT2D eigenvalue weighted by Gasteiger charge is 2.30. The van der Waals surface area contributed by atoms with E-state index < -0.39 is 0 Å². The molecule has 3 atom stereocenters. The number of rotatable bonds is 4. The van der Waals surface area contributed by atoms with E-state index >= 15 is 0 Å². The highest BCUT2D eigenvalue weighted by molar-refractivity contribution is 8.00. The van der Waals surface area contributed by atoms with Gasteiger partial charge in [0.25, 0.3) is 0 Å². The van der Waals surface area contributed by atoms with Crippen molar-refractivity contribution < 1.29 is 4.79 Å². The minimum absolute atomic E-state index is 0.181. The van der Waals surface area contributed by atoms with Crippen molar-refractivity contribution >= 4 is 17.7 Å². The normalized spacial score (nSPS) is 33.6. The van der Waals surface area contributed by atoms with Crippen LogP contribution in [0.3, 0.4) is 0 Å². The summed E-state index contributed by atoms with van der Waals surface area (Å²) in [7, 11) is 0. The fourth-order valence-corrected chi connectivity index (χ4v) is 4.19. The number of hydrogen-bond acceptors (Lipinski definition) is 3. The summed E-state index contributed by atoms with van der Waals surface area (Å²) >= 11 is 2.00. The fourth-order valence-electron chi connectivity index (χ4n) is 2.99. The summed E-state index contributed by atoms with van der Waals surface area (Å²) < 4.78 is 0. The van der Waals surface area contributed by atoms with Gasteiger partial charge in [-0.2, -0.15) is 11.8 Å². The molecule has 2 rings (SSSR count). The van der Waals surface area contributed by atoms with Crippen LogP contribution in [0.1, 0.15) is 38.5 Å². The second kappa shape index (κ2) is 6.64. The molecule has 98 valence electrons. The molecule has 17 heavy (non-hydrogen) atoms. The van der Waals surface area contributed by atoms with Gasteiger partial charge in [0.15, 0.2) is 0 Å². The molecule has 1 saturated heterocycles. The predicted octanol–water partition coefficient (Wildman–Crippen LogP) is 1.76. The van der Waals surface area contributed by atoms with E-state index in [4.69, 9.17) is 5.73 Å². The topological polar surface area (TPSA) is 55.1 Å². The lowest BCUT2D eigenvalue weighted by Gasteiger charge is -2.29. The van der Waals surface area contributed by atoms with Crippen molar-refractivity contribution in [1.29, 1.82) is 0 Å². The standard InChI is InChI=1S/C13H24N2OS/c14-8-10-4-1-2-6-12(10)13(16)15-9-11-5-3-7-17-11/h10-12H,1-9,14H2,(H,15,16). The van der Waals surface area contributed by atoms with Crippen LogP contribution in [-0.4, -0.2) is 30.0 Å². The molecule has 1 aliphatic heterocycles. The van der Waals surface area contributed by atoms with Crippen molar-refractivity contribution in [2.75, 3.05) is 18.8 Å². The average molecular weight is 256 g/mol. The molecule has 1 heterocycles. The van der Waals surface area contributed by atoms with Crippen LogP contribution in [0.4, 0.5) is 0 Å². The molecular formula is C13H24N2OS. The molecule has 0 spiro atoms. The maximum absolute atomic E-state index is 12.1. The number of carbonyl (C=O) groups excluding carboxylic acids is 1. The molecule has 3 unspecified atom stereocenters. The summed E-state index contributed by atoms with van der Waals surface area (Å²) in [5, 5.41) is 3.80. The van der Waals surface area contributed by atoms with Gasteiger partial charge >= 0.3 is 0 Å². The van der Waals surface area contributed by atoms with Crippen molar-refractivity contribution in [2.24, 2.45) is 17.6 Å². The first-order valence-corrected chi connectivity index (χ1v) is 7.95. The van der Waals surface area contributed by atoms with Gasteiger partial charge in [0, 0.05) is 17.7 Å². The minimum Gasteiger partial charge on any atom is -0.355 e. The molecule has 3 nitrogen and oxygen atoms in total. The Kier molecular flexibility index (Phi) is 5.16. The maximum Gasteiger partial charge on any atom is 0.223 e. The third-order valence-electron chi connectivity index (χ3n) is 4.08. The lowest BCUT2D eigenvalue weighted by Crippen LogP contribution is -2.41. The zero-order valence-corrected chi connectivity index (χ0v) is 11.3. The van der Waals surface area contributed by atoms with Crippen LogP contribution in [0.15, 0.2) is 0 Å². The van der Waals surface area contributed by atoms with Crippen molar-refractivity contribution in [1.82, 2.24) is 5.32 Å². The zero-order valence-electron chi connectivity index (χ0n) is 10.5. The monoisotopic (exact) mass is 256 g/mol. The molecule has 0 bridgehead atoms. The van der Waals surface area contributed by atoms with Gasteiger partial charge < -0.3 is 11.1 Å². The van der Waals surface area contributed by atoms with E-state index in [-0.39, 0.29) is 11.8 Å². The molecule has 3 N–H and O–H groups in total. The number of hydrogen-bond donors (Lipinski definition) is 2. The zero-order chi connectivity index (χ0) is 12.1. The highest BCUT2D eigenvalue weighted by Crippen LogP contribution is 2.30. The first-order valence-electron chi connectivity index (χ1n) is 6.90. The smallest absolute Gasteiger partial charge is 0.223 e. The second-order valence-corrected chi connectivity index (χ2v) is 6.68. The van der Waals surface area contributed by atoms with Gasteiger partial charge in [-0.1, -0.05) is 12.8 Å². The Morgan fingerprint density at radius 3 is 2.76 bits per heavy atom. The molecule has 1 amide bonds. The van der Waals surface area contributed by atoms with Gasteiger partial charge in [-0.15, -0.1) is 0 Å². The van der Waals surface area contributed by atoms with Crippen molar-refractivity contribution in [3.63, 3.8) is 0 Å². The van der Waals surface area contributed by atoms with Crippen LogP contribution in [0.5, 0.6) is 0 Å². The second-order valence-electron chi connectivity index (χ2n) is 5.27. The first-order chi connectivity index (χ1) is 8.31. The van der Waals surface area contributed by atoms with Crippen LogP contribution in [0.25, 0.3) is 0 Å². The average Bonchev–Trinajstić information content (AvgIpc) is 2.89. The first kappa shape index (κ1) is 13.2. The Labute approximate surface area is 108 Å². The molecular weight excluding hydrogens is 232 g/mol. The summed E-state index contributed by atoms with van der Waals surface area (Å²) in [6.07, 6.45) is 7.16. The molecule has 2 aliphatic rings. The summed E-state index contributed by atoms with van der Waals surface area (Å²) in [5.74, 6) is 2.11. The summed E-state index contributed by atoms with van der Waals surface area (Å²) in [5.41, 5.74) is 5.77. The van der Waals surface area contributed by atoms with Crippen molar-refractivity contribution in [2.45, 2.75) is 43.8 Å². The largest absolute Gasteiger partial charge is 0.355 e. The van der Waals surface area contributed by atoms with Gasteiger partial charge in [-0.25, -0.2) is 0 Å². The van der Waals surface area contributed by atoms with Gasteiger partial charge in [0.2, 0.25) is 5.91 Å². The quantitative estimate of drug-likeness (QED) is 0.806. The van der Waals surface area contributed by atoms with Crippen LogP contribution in [0.2, 0.25) is 0 Å². The van der Waals surface area contributed by atoms with E-state index in [0.717, 1.165) is 19.4 Å². The van der Waals surface area contributed by atoms with Crippen molar-refractivity contribution in [3.8, 4) is 0 Å². The number of nitrogens with one attached hydrogen (secondary N) is 1. The van der Waals surface area contributed by atoms with E-state index in [1.54, 1.807) is 0 Å². The Balaban J connectivity index is 1.76. The number of carbonyl (C=O) groups is 1. The highest BCUT2D eigenvalue weighted by atomic mass is 32.2. The van der Waals surface area contributed by atoms with E-state index in [1.165, 1.54) is 31.4 Å². The number of amides is 1. The number of nitrogens with two attached hydrogens (primary N) is 1. The van der Waals surface area contributed by atoms with Gasteiger partial charge in [0.1, 0.15) is 0 Å². The Morgan fingerprint density at radius 2 is 2.06 bits per heavy atom. The fraction of sp³-hybridized carbons (Fsp3) is 0.923. The van der Waals surface area contributed by atoms with Crippen LogP contribution < -0.4 is 11.1 Å². The summed E-state index contributed by atoms with van der Waals surface area (Å²) in [6.45, 7) is 1.52. The molecule has 0 aromatic heterocycles. The van der Waals surface area contributed by atoms with Gasteiger partial charge in [-0.05, 0) is 43.9 Å². The molecule has 0 radical (unpaired) electrons. The SMILES string of the molecule is NCC1CCCCC1C(=O)NCC1CCCS1. The Morgan fingerprint density at radius 1 is 1.24 bits per heavy atom. The number of thioether (sulfide) groups is 1. The Bertz CT molecular complexity index is 254. The minimum atomic E-state index is 0.181. The molecule has 2 fully saturated rings. The predicted molar refractivity (Wildman–Crippen MR) is 73.0 cm³/mol. The van der Waals surface area contributed by atoms with E-state index in [0.29, 0.717) is 17.7 Å². The van der Waals surface area contributed by atoms with Gasteiger partial charge in [0.05, 0.1) is 0 Å². The lowest BCUT2D eigenvalue weighted by molar-refractivity contribution is -0.127. The third kappa shape index (κ3) is 3.62.